The Morgan fingerprint density at radius 3 is 2.73 bits per heavy atom. The Kier molecular flexibility index (Phi) is 8.58. The predicted octanol–water partition coefficient (Wildman–Crippen LogP) is 6.56. The smallest absolute Gasteiger partial charge is 0.417 e. The minimum absolute atomic E-state index is 0.111. The SMILES string of the molecule is COc1ccc2sc(SCC(C(=O)OCc3ccc(Cl)c(C(F)(F)F)c3)C(O)c3cccnc3)nc2c1. The maximum Gasteiger partial charge on any atom is 0.417 e. The number of ether oxygens (including phenoxy) is 2. The summed E-state index contributed by atoms with van der Waals surface area (Å²) in [5.74, 6) is -1.03. The maximum absolute atomic E-state index is 13.2. The number of nitrogens with zero attached hydrogens (tertiary/aromatic N) is 2. The van der Waals surface area contributed by atoms with Gasteiger partial charge in [0.05, 0.1) is 39.9 Å². The number of alkyl halides is 3. The summed E-state index contributed by atoms with van der Waals surface area (Å²) in [6, 6.07) is 12.0. The molecular weight excluding hydrogens is 549 g/mol. The minimum atomic E-state index is -4.64. The molecule has 4 rings (SSSR count). The van der Waals surface area contributed by atoms with Gasteiger partial charge in [-0.05, 0) is 41.5 Å². The first-order valence-corrected chi connectivity index (χ1v) is 13.0. The third-order valence-corrected chi connectivity index (χ3v) is 8.02. The standard InChI is InChI=1S/C25H20ClF3N2O4S2/c1-34-16-5-7-21-20(10-16)31-24(37-21)36-13-17(22(32)15-3-2-8-30-11-15)23(33)35-12-14-4-6-19(26)18(9-14)25(27,28)29/h2-11,17,22,32H,12-13H2,1H3. The molecule has 2 atom stereocenters. The Morgan fingerprint density at radius 1 is 1.22 bits per heavy atom. The molecule has 194 valence electrons. The van der Waals surface area contributed by atoms with Crippen molar-refractivity contribution in [3.63, 3.8) is 0 Å². The summed E-state index contributed by atoms with van der Waals surface area (Å²) in [5, 5.41) is 10.5. The molecule has 0 bridgehead atoms. The number of fused-ring (bicyclic) bond motifs is 1. The van der Waals surface area contributed by atoms with Crippen LogP contribution in [-0.2, 0) is 22.3 Å². The van der Waals surface area contributed by atoms with Gasteiger partial charge in [0.1, 0.15) is 12.4 Å². The zero-order valence-electron chi connectivity index (χ0n) is 19.2. The van der Waals surface area contributed by atoms with Gasteiger partial charge in [-0.15, -0.1) is 11.3 Å². The summed E-state index contributed by atoms with van der Waals surface area (Å²) in [4.78, 5) is 21.6. The van der Waals surface area contributed by atoms with Crippen LogP contribution in [0.3, 0.4) is 0 Å². The van der Waals surface area contributed by atoms with Crippen molar-refractivity contribution in [1.82, 2.24) is 9.97 Å². The average molecular weight is 569 g/mol. The van der Waals surface area contributed by atoms with E-state index in [1.54, 1.807) is 25.3 Å². The summed E-state index contributed by atoms with van der Waals surface area (Å²) in [7, 11) is 1.56. The second kappa shape index (κ2) is 11.7. The highest BCUT2D eigenvalue weighted by Gasteiger charge is 2.34. The van der Waals surface area contributed by atoms with Crippen LogP contribution in [0.5, 0.6) is 5.75 Å². The predicted molar refractivity (Wildman–Crippen MR) is 136 cm³/mol. The number of carbonyl (C=O) groups excluding carboxylic acids is 1. The molecule has 0 fully saturated rings. The van der Waals surface area contributed by atoms with Crippen LogP contribution in [0.2, 0.25) is 5.02 Å². The number of esters is 1. The third-order valence-electron chi connectivity index (χ3n) is 5.39. The number of rotatable bonds is 9. The highest BCUT2D eigenvalue weighted by molar-refractivity contribution is 8.01. The molecular formula is C25H20ClF3N2O4S2. The van der Waals surface area contributed by atoms with E-state index in [-0.39, 0.29) is 11.3 Å². The van der Waals surface area contributed by atoms with Crippen molar-refractivity contribution in [2.24, 2.45) is 5.92 Å². The Morgan fingerprint density at radius 2 is 2.03 bits per heavy atom. The van der Waals surface area contributed by atoms with E-state index in [1.807, 2.05) is 12.1 Å². The molecule has 1 N–H and O–H groups in total. The lowest BCUT2D eigenvalue weighted by molar-refractivity contribution is -0.153. The van der Waals surface area contributed by atoms with Gasteiger partial charge in [0.15, 0.2) is 4.34 Å². The Bertz CT molecular complexity index is 1390. The van der Waals surface area contributed by atoms with E-state index in [0.29, 0.717) is 15.7 Å². The molecule has 0 spiro atoms. The van der Waals surface area contributed by atoms with Crippen LogP contribution in [-0.4, -0.2) is 33.9 Å². The van der Waals surface area contributed by atoms with Crippen LogP contribution >= 0.6 is 34.7 Å². The topological polar surface area (TPSA) is 81.5 Å². The molecule has 0 saturated heterocycles. The molecule has 2 aromatic heterocycles. The lowest BCUT2D eigenvalue weighted by atomic mass is 9.99. The summed E-state index contributed by atoms with van der Waals surface area (Å²) >= 11 is 8.36. The normalized spacial score (nSPS) is 13.4. The van der Waals surface area contributed by atoms with Crippen LogP contribution < -0.4 is 4.74 Å². The summed E-state index contributed by atoms with van der Waals surface area (Å²) in [6.45, 7) is -0.416. The van der Waals surface area contributed by atoms with Gasteiger partial charge in [-0.2, -0.15) is 13.2 Å². The molecule has 2 aromatic carbocycles. The van der Waals surface area contributed by atoms with E-state index in [9.17, 15) is 23.1 Å². The zero-order chi connectivity index (χ0) is 26.6. The summed E-state index contributed by atoms with van der Waals surface area (Å²) < 4.78 is 51.7. The summed E-state index contributed by atoms with van der Waals surface area (Å²) in [5.41, 5.74) is 0.247. The van der Waals surface area contributed by atoms with E-state index in [2.05, 4.69) is 9.97 Å². The van der Waals surface area contributed by atoms with Gasteiger partial charge < -0.3 is 14.6 Å². The molecule has 2 heterocycles. The molecule has 0 saturated carbocycles. The molecule has 0 radical (unpaired) electrons. The van der Waals surface area contributed by atoms with Crippen molar-refractivity contribution in [2.75, 3.05) is 12.9 Å². The number of halogens is 4. The van der Waals surface area contributed by atoms with Crippen molar-refractivity contribution < 1.29 is 32.5 Å². The van der Waals surface area contributed by atoms with Crippen molar-refractivity contribution >= 4 is 50.9 Å². The largest absolute Gasteiger partial charge is 0.497 e. The lowest BCUT2D eigenvalue weighted by Crippen LogP contribution is -2.27. The van der Waals surface area contributed by atoms with Crippen LogP contribution in [0.4, 0.5) is 13.2 Å². The van der Waals surface area contributed by atoms with E-state index in [1.165, 1.54) is 41.6 Å². The number of carbonyl (C=O) groups is 1. The molecule has 12 heteroatoms. The summed E-state index contributed by atoms with van der Waals surface area (Å²) in [6.07, 6.45) is -2.92. The molecule has 0 aliphatic carbocycles. The second-order valence-electron chi connectivity index (χ2n) is 7.88. The van der Waals surface area contributed by atoms with Crippen LogP contribution in [0.25, 0.3) is 10.2 Å². The number of aliphatic hydroxyl groups excluding tert-OH is 1. The number of thiazole rings is 1. The van der Waals surface area contributed by atoms with E-state index >= 15 is 0 Å². The number of hydrogen-bond acceptors (Lipinski definition) is 8. The van der Waals surface area contributed by atoms with Crippen LogP contribution in [0, 0.1) is 5.92 Å². The fourth-order valence-electron chi connectivity index (χ4n) is 3.45. The van der Waals surface area contributed by atoms with Gasteiger partial charge in [-0.25, -0.2) is 4.98 Å². The number of hydrogen-bond donors (Lipinski definition) is 1. The number of thioether (sulfide) groups is 1. The first kappa shape index (κ1) is 27.2. The molecule has 0 aliphatic heterocycles. The number of aliphatic hydroxyl groups is 1. The highest BCUT2D eigenvalue weighted by atomic mass is 35.5. The monoisotopic (exact) mass is 568 g/mol. The number of aromatic nitrogens is 2. The Labute approximate surface area is 223 Å². The maximum atomic E-state index is 13.2. The first-order chi connectivity index (χ1) is 17.7. The highest BCUT2D eigenvalue weighted by Crippen LogP contribution is 2.37. The number of benzene rings is 2. The van der Waals surface area contributed by atoms with E-state index in [0.717, 1.165) is 22.3 Å². The van der Waals surface area contributed by atoms with Crippen molar-refractivity contribution in [1.29, 1.82) is 0 Å². The fraction of sp³-hybridized carbons (Fsp3) is 0.240. The Hall–Kier alpha value is -2.86. The third kappa shape index (κ3) is 6.72. The van der Waals surface area contributed by atoms with Crippen molar-refractivity contribution in [2.45, 2.75) is 23.2 Å². The molecule has 6 nitrogen and oxygen atoms in total. The minimum Gasteiger partial charge on any atom is -0.497 e. The average Bonchev–Trinajstić information content (AvgIpc) is 3.30. The lowest BCUT2D eigenvalue weighted by Gasteiger charge is -2.21. The molecule has 2 unspecified atom stereocenters. The van der Waals surface area contributed by atoms with Gasteiger partial charge in [-0.1, -0.05) is 35.5 Å². The fourth-order valence-corrected chi connectivity index (χ4v) is 5.86. The Balaban J connectivity index is 1.51. The van der Waals surface area contributed by atoms with Crippen molar-refractivity contribution in [3.8, 4) is 5.75 Å². The zero-order valence-corrected chi connectivity index (χ0v) is 21.6. The number of methoxy groups -OCH3 is 1. The van der Waals surface area contributed by atoms with E-state index in [4.69, 9.17) is 21.1 Å². The van der Waals surface area contributed by atoms with Gasteiger partial charge >= 0.3 is 12.1 Å². The first-order valence-electron chi connectivity index (χ1n) is 10.8. The quantitative estimate of drug-likeness (QED) is 0.181. The number of pyridine rings is 1. The van der Waals surface area contributed by atoms with Gasteiger partial charge in [0, 0.05) is 24.2 Å². The molecule has 4 aromatic rings. The second-order valence-corrected chi connectivity index (χ2v) is 10.6. The van der Waals surface area contributed by atoms with Crippen LogP contribution in [0.15, 0.2) is 65.3 Å². The molecule has 37 heavy (non-hydrogen) atoms. The van der Waals surface area contributed by atoms with Gasteiger partial charge in [0.2, 0.25) is 0 Å². The van der Waals surface area contributed by atoms with Crippen molar-refractivity contribution in [3.05, 3.63) is 82.6 Å². The van der Waals surface area contributed by atoms with E-state index < -0.39 is 41.4 Å². The van der Waals surface area contributed by atoms with Gasteiger partial charge in [0.25, 0.3) is 0 Å². The molecule has 0 aliphatic rings. The van der Waals surface area contributed by atoms with Crippen LogP contribution in [0.1, 0.15) is 22.8 Å². The van der Waals surface area contributed by atoms with Gasteiger partial charge in [-0.3, -0.25) is 9.78 Å². The molecule has 0 amide bonds.